The third-order valence-corrected chi connectivity index (χ3v) is 5.67. The van der Waals surface area contributed by atoms with Gasteiger partial charge >= 0.3 is 0 Å². The fourth-order valence-corrected chi connectivity index (χ4v) is 4.11. The molecule has 3 rings (SSSR count). The predicted molar refractivity (Wildman–Crippen MR) is 101 cm³/mol. The van der Waals surface area contributed by atoms with Gasteiger partial charge in [0.05, 0.1) is 26.7 Å². The second kappa shape index (κ2) is 9.26. The second-order valence-electron chi connectivity index (χ2n) is 7.32. The number of carbonyl (C=O) groups is 1. The molecular weight excluding hydrogens is 330 g/mol. The Morgan fingerprint density at radius 1 is 1.12 bits per heavy atom. The number of methoxy groups -OCH3 is 2. The van der Waals surface area contributed by atoms with E-state index in [2.05, 4.69) is 11.0 Å². The van der Waals surface area contributed by atoms with E-state index in [0.717, 1.165) is 43.7 Å². The van der Waals surface area contributed by atoms with E-state index in [1.54, 1.807) is 14.2 Å². The molecule has 1 aromatic rings. The van der Waals surface area contributed by atoms with Gasteiger partial charge in [-0.05, 0) is 43.4 Å². The summed E-state index contributed by atoms with van der Waals surface area (Å²) in [5.41, 5.74) is 1.17. The molecule has 0 unspecified atom stereocenters. The van der Waals surface area contributed by atoms with Crippen LogP contribution in [0, 0.1) is 5.92 Å². The maximum atomic E-state index is 13.1. The number of benzene rings is 1. The maximum absolute atomic E-state index is 13.1. The van der Waals surface area contributed by atoms with E-state index in [0.29, 0.717) is 19.3 Å². The van der Waals surface area contributed by atoms with Gasteiger partial charge in [0, 0.05) is 19.2 Å². The van der Waals surface area contributed by atoms with Crippen LogP contribution in [0.5, 0.6) is 11.5 Å². The van der Waals surface area contributed by atoms with Crippen LogP contribution >= 0.6 is 0 Å². The average molecular weight is 361 g/mol. The number of hydrogen-bond donors (Lipinski definition) is 0. The predicted octanol–water partition coefficient (Wildman–Crippen LogP) is 3.44. The number of ether oxygens (including phenoxy) is 3. The molecule has 1 atom stereocenters. The van der Waals surface area contributed by atoms with Crippen molar-refractivity contribution in [3.05, 3.63) is 23.8 Å². The van der Waals surface area contributed by atoms with E-state index in [1.165, 1.54) is 24.8 Å². The molecule has 1 amide bonds. The van der Waals surface area contributed by atoms with Gasteiger partial charge in [0.2, 0.25) is 5.91 Å². The highest BCUT2D eigenvalue weighted by Gasteiger charge is 2.32. The van der Waals surface area contributed by atoms with Gasteiger partial charge in [-0.1, -0.05) is 25.3 Å². The maximum Gasteiger partial charge on any atom is 0.228 e. The SMILES string of the molecule is COc1ccc(CCN(C(=O)[C@@H]2CCOC2)C2CCCCC2)cc1OC. The van der Waals surface area contributed by atoms with Crippen molar-refractivity contribution in [2.45, 2.75) is 51.0 Å². The van der Waals surface area contributed by atoms with Crippen LogP contribution in [0.15, 0.2) is 18.2 Å². The van der Waals surface area contributed by atoms with Crippen molar-refractivity contribution in [1.29, 1.82) is 0 Å². The Bertz CT molecular complexity index is 592. The smallest absolute Gasteiger partial charge is 0.228 e. The number of carbonyl (C=O) groups excluding carboxylic acids is 1. The normalized spacial score (nSPS) is 20.8. The average Bonchev–Trinajstić information content (AvgIpc) is 3.23. The summed E-state index contributed by atoms with van der Waals surface area (Å²) in [6, 6.07) is 6.40. The van der Waals surface area contributed by atoms with Crippen molar-refractivity contribution in [2.24, 2.45) is 5.92 Å². The number of rotatable bonds is 7. The summed E-state index contributed by atoms with van der Waals surface area (Å²) in [7, 11) is 3.30. The molecule has 5 nitrogen and oxygen atoms in total. The summed E-state index contributed by atoms with van der Waals surface area (Å²) in [6.07, 6.45) is 7.70. The van der Waals surface area contributed by atoms with Gasteiger partial charge in [-0.3, -0.25) is 4.79 Å². The van der Waals surface area contributed by atoms with E-state index in [4.69, 9.17) is 14.2 Å². The van der Waals surface area contributed by atoms with Crippen molar-refractivity contribution < 1.29 is 19.0 Å². The molecule has 0 bridgehead atoms. The van der Waals surface area contributed by atoms with Gasteiger partial charge in [-0.25, -0.2) is 0 Å². The van der Waals surface area contributed by atoms with E-state index < -0.39 is 0 Å². The lowest BCUT2D eigenvalue weighted by Crippen LogP contribution is -2.45. The van der Waals surface area contributed by atoms with Gasteiger partial charge < -0.3 is 19.1 Å². The Morgan fingerprint density at radius 2 is 1.88 bits per heavy atom. The molecule has 26 heavy (non-hydrogen) atoms. The summed E-state index contributed by atoms with van der Waals surface area (Å²) in [5, 5.41) is 0. The Balaban J connectivity index is 1.69. The van der Waals surface area contributed by atoms with Crippen LogP contribution in [0.4, 0.5) is 0 Å². The zero-order valence-electron chi connectivity index (χ0n) is 16.0. The lowest BCUT2D eigenvalue weighted by molar-refractivity contribution is -0.138. The minimum absolute atomic E-state index is 0.0438. The first-order valence-electron chi connectivity index (χ1n) is 9.82. The molecule has 0 spiro atoms. The molecule has 0 N–H and O–H groups in total. The topological polar surface area (TPSA) is 48.0 Å². The molecule has 1 aliphatic carbocycles. The van der Waals surface area contributed by atoms with Crippen LogP contribution in [0.3, 0.4) is 0 Å². The molecule has 2 fully saturated rings. The first-order valence-corrected chi connectivity index (χ1v) is 9.82. The fourth-order valence-electron chi connectivity index (χ4n) is 4.11. The van der Waals surface area contributed by atoms with Crippen LogP contribution in [0.1, 0.15) is 44.1 Å². The highest BCUT2D eigenvalue weighted by molar-refractivity contribution is 5.79. The number of nitrogens with zero attached hydrogens (tertiary/aromatic N) is 1. The molecule has 1 heterocycles. The van der Waals surface area contributed by atoms with Crippen molar-refractivity contribution in [3.8, 4) is 11.5 Å². The van der Waals surface area contributed by atoms with Crippen molar-refractivity contribution >= 4 is 5.91 Å². The Labute approximate surface area is 156 Å². The van der Waals surface area contributed by atoms with Crippen molar-refractivity contribution in [2.75, 3.05) is 34.0 Å². The third-order valence-electron chi connectivity index (χ3n) is 5.67. The Kier molecular flexibility index (Phi) is 6.78. The number of hydrogen-bond acceptors (Lipinski definition) is 4. The highest BCUT2D eigenvalue weighted by Crippen LogP contribution is 2.29. The molecule has 2 aliphatic rings. The van der Waals surface area contributed by atoms with Crippen molar-refractivity contribution in [3.63, 3.8) is 0 Å². The molecular formula is C21H31NO4. The van der Waals surface area contributed by atoms with Gasteiger partial charge in [-0.15, -0.1) is 0 Å². The zero-order valence-corrected chi connectivity index (χ0v) is 16.0. The molecule has 1 aromatic carbocycles. The van der Waals surface area contributed by atoms with E-state index in [1.807, 2.05) is 12.1 Å². The van der Waals surface area contributed by atoms with Gasteiger partial charge in [0.1, 0.15) is 0 Å². The molecule has 0 radical (unpaired) electrons. The molecule has 1 saturated heterocycles. The van der Waals surface area contributed by atoms with Crippen LogP contribution in [0.25, 0.3) is 0 Å². The summed E-state index contributed by atoms with van der Waals surface area (Å²) in [4.78, 5) is 15.2. The van der Waals surface area contributed by atoms with Gasteiger partial charge in [0.15, 0.2) is 11.5 Å². The summed E-state index contributed by atoms with van der Waals surface area (Å²) in [5.74, 6) is 1.81. The molecule has 144 valence electrons. The van der Waals surface area contributed by atoms with Crippen LogP contribution in [-0.4, -0.2) is 50.8 Å². The van der Waals surface area contributed by atoms with Gasteiger partial charge in [0.25, 0.3) is 0 Å². The van der Waals surface area contributed by atoms with Gasteiger partial charge in [-0.2, -0.15) is 0 Å². The first kappa shape index (κ1) is 19.0. The molecule has 1 saturated carbocycles. The Hall–Kier alpha value is -1.75. The van der Waals surface area contributed by atoms with Crippen molar-refractivity contribution in [1.82, 2.24) is 4.90 Å². The molecule has 5 heteroatoms. The standard InChI is InChI=1S/C21H31NO4/c1-24-19-9-8-16(14-20(19)25-2)10-12-22(18-6-4-3-5-7-18)21(23)17-11-13-26-15-17/h8-9,14,17-18H,3-7,10-13,15H2,1-2H3/t17-/m1/s1. The summed E-state index contributed by atoms with van der Waals surface area (Å²) >= 11 is 0. The van der Waals surface area contributed by atoms with E-state index in [9.17, 15) is 4.79 Å². The van der Waals surface area contributed by atoms with Crippen LogP contribution in [-0.2, 0) is 16.0 Å². The summed E-state index contributed by atoms with van der Waals surface area (Å²) in [6.45, 7) is 2.05. The lowest BCUT2D eigenvalue weighted by atomic mass is 9.92. The lowest BCUT2D eigenvalue weighted by Gasteiger charge is -2.36. The molecule has 0 aromatic heterocycles. The highest BCUT2D eigenvalue weighted by atomic mass is 16.5. The zero-order chi connectivity index (χ0) is 18.4. The monoisotopic (exact) mass is 361 g/mol. The molecule has 1 aliphatic heterocycles. The largest absolute Gasteiger partial charge is 0.493 e. The van der Waals surface area contributed by atoms with E-state index in [-0.39, 0.29) is 11.8 Å². The quantitative estimate of drug-likeness (QED) is 0.746. The van der Waals surface area contributed by atoms with Crippen LogP contribution in [0.2, 0.25) is 0 Å². The van der Waals surface area contributed by atoms with E-state index >= 15 is 0 Å². The first-order chi connectivity index (χ1) is 12.7. The Morgan fingerprint density at radius 3 is 2.54 bits per heavy atom. The minimum atomic E-state index is 0.0438. The minimum Gasteiger partial charge on any atom is -0.493 e. The van der Waals surface area contributed by atoms with Crippen LogP contribution < -0.4 is 9.47 Å². The third kappa shape index (κ3) is 4.50. The second-order valence-corrected chi connectivity index (χ2v) is 7.32. The number of amides is 1. The fraction of sp³-hybridized carbons (Fsp3) is 0.667. The summed E-state index contributed by atoms with van der Waals surface area (Å²) < 4.78 is 16.2.